The highest BCUT2D eigenvalue weighted by Crippen LogP contribution is 2.26. The highest BCUT2D eigenvalue weighted by atomic mass is 32.1. The van der Waals surface area contributed by atoms with Gasteiger partial charge in [-0.3, -0.25) is 4.79 Å². The van der Waals surface area contributed by atoms with Crippen molar-refractivity contribution in [3.8, 4) is 0 Å². The van der Waals surface area contributed by atoms with Crippen molar-refractivity contribution in [2.75, 3.05) is 18.4 Å². The van der Waals surface area contributed by atoms with Crippen molar-refractivity contribution in [2.24, 2.45) is 10.9 Å². The van der Waals surface area contributed by atoms with Crippen LogP contribution >= 0.6 is 11.3 Å². The van der Waals surface area contributed by atoms with Crippen LogP contribution in [0.2, 0.25) is 0 Å². The second kappa shape index (κ2) is 11.0. The van der Waals surface area contributed by atoms with E-state index in [9.17, 15) is 4.79 Å². The van der Waals surface area contributed by atoms with Gasteiger partial charge in [0.1, 0.15) is 0 Å². The summed E-state index contributed by atoms with van der Waals surface area (Å²) >= 11 is 1.68. The summed E-state index contributed by atoms with van der Waals surface area (Å²) in [5, 5.41) is 12.9. The first-order valence-corrected chi connectivity index (χ1v) is 11.3. The van der Waals surface area contributed by atoms with Crippen LogP contribution in [0.5, 0.6) is 0 Å². The van der Waals surface area contributed by atoms with Crippen molar-refractivity contribution < 1.29 is 4.79 Å². The van der Waals surface area contributed by atoms with Crippen LogP contribution in [0.4, 0.5) is 5.69 Å². The number of carbonyl (C=O) groups excluding carboxylic acids is 1. The Morgan fingerprint density at radius 2 is 2.10 bits per heavy atom. The van der Waals surface area contributed by atoms with Gasteiger partial charge in [-0.25, -0.2) is 9.98 Å². The standard InChI is InChI=1S/C22H31N5OS/c1-3-23-22(24-12-11-20-15-29-16(2)26-20)25-14-17-7-6-10-19(13-17)27-21(28)18-8-4-5-9-18/h6-7,10,13,15,18H,3-5,8-9,11-12,14H2,1-2H3,(H,27,28)(H2,23,24,25). The Hall–Kier alpha value is -2.41. The number of aliphatic imine (C=N–C) groups is 1. The summed E-state index contributed by atoms with van der Waals surface area (Å²) in [6.07, 6.45) is 5.21. The first kappa shape index (κ1) is 21.3. The van der Waals surface area contributed by atoms with Crippen LogP contribution in [0, 0.1) is 12.8 Å². The van der Waals surface area contributed by atoms with Crippen molar-refractivity contribution in [2.45, 2.75) is 52.5 Å². The van der Waals surface area contributed by atoms with E-state index in [2.05, 4.69) is 38.2 Å². The fourth-order valence-corrected chi connectivity index (χ4v) is 4.17. The molecule has 3 N–H and O–H groups in total. The number of guanidine groups is 1. The molecule has 2 aromatic rings. The normalized spacial score (nSPS) is 14.8. The summed E-state index contributed by atoms with van der Waals surface area (Å²) in [5.74, 6) is 1.11. The van der Waals surface area contributed by atoms with E-state index >= 15 is 0 Å². The van der Waals surface area contributed by atoms with Gasteiger partial charge in [0.25, 0.3) is 0 Å². The van der Waals surface area contributed by atoms with Crippen LogP contribution in [0.15, 0.2) is 34.6 Å². The molecule has 1 amide bonds. The van der Waals surface area contributed by atoms with Gasteiger partial charge in [0.05, 0.1) is 17.2 Å². The molecule has 1 aliphatic rings. The molecule has 6 nitrogen and oxygen atoms in total. The maximum absolute atomic E-state index is 12.4. The van der Waals surface area contributed by atoms with Gasteiger partial charge in [-0.15, -0.1) is 11.3 Å². The molecule has 0 saturated heterocycles. The Balaban J connectivity index is 1.53. The summed E-state index contributed by atoms with van der Waals surface area (Å²) in [7, 11) is 0. The third kappa shape index (κ3) is 6.85. The molecule has 0 radical (unpaired) electrons. The smallest absolute Gasteiger partial charge is 0.227 e. The zero-order chi connectivity index (χ0) is 20.5. The maximum atomic E-state index is 12.4. The number of hydrogen-bond donors (Lipinski definition) is 3. The Labute approximate surface area is 177 Å². The molecular weight excluding hydrogens is 382 g/mol. The monoisotopic (exact) mass is 413 g/mol. The summed E-state index contributed by atoms with van der Waals surface area (Å²) in [4.78, 5) is 21.5. The second-order valence-corrected chi connectivity index (χ2v) is 8.46. The van der Waals surface area contributed by atoms with E-state index in [0.29, 0.717) is 6.54 Å². The van der Waals surface area contributed by atoms with Gasteiger partial charge >= 0.3 is 0 Å². The van der Waals surface area contributed by atoms with Crippen LogP contribution in [-0.2, 0) is 17.8 Å². The van der Waals surface area contributed by atoms with E-state index in [4.69, 9.17) is 0 Å². The molecule has 156 valence electrons. The van der Waals surface area contributed by atoms with Gasteiger partial charge < -0.3 is 16.0 Å². The van der Waals surface area contributed by atoms with Crippen LogP contribution in [0.3, 0.4) is 0 Å². The minimum Gasteiger partial charge on any atom is -0.357 e. The van der Waals surface area contributed by atoms with Crippen molar-refractivity contribution in [1.82, 2.24) is 15.6 Å². The van der Waals surface area contributed by atoms with E-state index in [1.807, 2.05) is 31.2 Å². The molecular formula is C22H31N5OS. The van der Waals surface area contributed by atoms with Crippen molar-refractivity contribution >= 4 is 28.9 Å². The molecule has 0 unspecified atom stereocenters. The SMILES string of the molecule is CCNC(=NCc1cccc(NC(=O)C2CCCC2)c1)NCCc1csc(C)n1. The first-order chi connectivity index (χ1) is 14.1. The maximum Gasteiger partial charge on any atom is 0.227 e. The average Bonchev–Trinajstić information content (AvgIpc) is 3.38. The Kier molecular flexibility index (Phi) is 8.04. The van der Waals surface area contributed by atoms with Crippen LogP contribution < -0.4 is 16.0 Å². The number of rotatable bonds is 8. The third-order valence-electron chi connectivity index (χ3n) is 5.02. The molecule has 7 heteroatoms. The predicted octanol–water partition coefficient (Wildman–Crippen LogP) is 3.88. The number of thiazole rings is 1. The van der Waals surface area contributed by atoms with Gasteiger partial charge in [0, 0.05) is 36.5 Å². The fourth-order valence-electron chi connectivity index (χ4n) is 3.52. The van der Waals surface area contributed by atoms with E-state index in [-0.39, 0.29) is 11.8 Å². The Morgan fingerprint density at radius 1 is 1.28 bits per heavy atom. The first-order valence-electron chi connectivity index (χ1n) is 10.5. The lowest BCUT2D eigenvalue weighted by atomic mass is 10.1. The average molecular weight is 414 g/mol. The molecule has 0 atom stereocenters. The van der Waals surface area contributed by atoms with E-state index in [1.54, 1.807) is 11.3 Å². The molecule has 1 saturated carbocycles. The molecule has 0 aliphatic heterocycles. The zero-order valence-electron chi connectivity index (χ0n) is 17.3. The van der Waals surface area contributed by atoms with Gasteiger partial charge in [0.15, 0.2) is 5.96 Å². The topological polar surface area (TPSA) is 78.4 Å². The van der Waals surface area contributed by atoms with E-state index < -0.39 is 0 Å². The van der Waals surface area contributed by atoms with E-state index in [1.165, 1.54) is 0 Å². The van der Waals surface area contributed by atoms with Gasteiger partial charge in [-0.05, 0) is 44.4 Å². The molecule has 1 aliphatic carbocycles. The molecule has 1 fully saturated rings. The number of anilines is 1. The zero-order valence-corrected chi connectivity index (χ0v) is 18.1. The van der Waals surface area contributed by atoms with Crippen LogP contribution in [0.25, 0.3) is 0 Å². The minimum atomic E-state index is 0.149. The van der Waals surface area contributed by atoms with Crippen LogP contribution in [0.1, 0.15) is 48.9 Å². The Bertz CT molecular complexity index is 826. The van der Waals surface area contributed by atoms with Crippen LogP contribution in [-0.4, -0.2) is 29.9 Å². The summed E-state index contributed by atoms with van der Waals surface area (Å²) in [5.41, 5.74) is 3.04. The quantitative estimate of drug-likeness (QED) is 0.453. The van der Waals surface area contributed by atoms with Crippen molar-refractivity contribution in [3.63, 3.8) is 0 Å². The largest absolute Gasteiger partial charge is 0.357 e. The number of hydrogen-bond acceptors (Lipinski definition) is 4. The number of benzene rings is 1. The lowest BCUT2D eigenvalue weighted by molar-refractivity contribution is -0.119. The number of aryl methyl sites for hydroxylation is 1. The lowest BCUT2D eigenvalue weighted by Crippen LogP contribution is -2.38. The third-order valence-corrected chi connectivity index (χ3v) is 5.85. The molecule has 29 heavy (non-hydrogen) atoms. The number of carbonyl (C=O) groups is 1. The number of aromatic nitrogens is 1. The lowest BCUT2D eigenvalue weighted by Gasteiger charge is -2.12. The number of nitrogens with one attached hydrogen (secondary N) is 3. The molecule has 0 spiro atoms. The molecule has 3 rings (SSSR count). The summed E-state index contributed by atoms with van der Waals surface area (Å²) in [6.45, 7) is 6.22. The molecule has 1 aromatic carbocycles. The van der Waals surface area contributed by atoms with Crippen molar-refractivity contribution in [3.05, 3.63) is 45.9 Å². The van der Waals surface area contributed by atoms with Gasteiger partial charge in [-0.2, -0.15) is 0 Å². The van der Waals surface area contributed by atoms with Gasteiger partial charge in [-0.1, -0.05) is 25.0 Å². The highest BCUT2D eigenvalue weighted by molar-refractivity contribution is 7.09. The minimum absolute atomic E-state index is 0.149. The number of amides is 1. The summed E-state index contributed by atoms with van der Waals surface area (Å²) < 4.78 is 0. The molecule has 1 aromatic heterocycles. The molecule has 1 heterocycles. The summed E-state index contributed by atoms with van der Waals surface area (Å²) in [6, 6.07) is 7.97. The second-order valence-electron chi connectivity index (χ2n) is 7.40. The predicted molar refractivity (Wildman–Crippen MR) is 120 cm³/mol. The fraction of sp³-hybridized carbons (Fsp3) is 0.500. The van der Waals surface area contributed by atoms with Crippen molar-refractivity contribution in [1.29, 1.82) is 0 Å². The molecule has 0 bridgehead atoms. The van der Waals surface area contributed by atoms with Gasteiger partial charge in [0.2, 0.25) is 5.91 Å². The Morgan fingerprint density at radius 3 is 2.83 bits per heavy atom. The number of nitrogens with zero attached hydrogens (tertiary/aromatic N) is 2. The highest BCUT2D eigenvalue weighted by Gasteiger charge is 2.22. The van der Waals surface area contributed by atoms with E-state index in [0.717, 1.165) is 73.1 Å².